The number of hydrogen-bond donors (Lipinski definition) is 0. The fraction of sp³-hybridized carbons (Fsp3) is 0.600. The second-order valence-corrected chi connectivity index (χ2v) is 6.68. The number of allylic oxidation sites excluding steroid dienone is 8. The van der Waals surface area contributed by atoms with Gasteiger partial charge in [0, 0.05) is 17.1 Å². The van der Waals surface area contributed by atoms with Crippen LogP contribution in [0.15, 0.2) is 44.6 Å². The maximum atomic E-state index is 2.28. The summed E-state index contributed by atoms with van der Waals surface area (Å²) in [5.41, 5.74) is 12.2. The zero-order chi connectivity index (χ0) is 15.8. The van der Waals surface area contributed by atoms with Gasteiger partial charge in [0.25, 0.3) is 0 Å². The largest absolute Gasteiger partial charge is 0.0632 e. The van der Waals surface area contributed by atoms with Gasteiger partial charge in [0.05, 0.1) is 0 Å². The molecular formula is C20H32Mn. The van der Waals surface area contributed by atoms with Crippen molar-refractivity contribution in [2.24, 2.45) is 11.8 Å². The molecule has 2 aliphatic carbocycles. The molecule has 1 radical (unpaired) electrons. The summed E-state index contributed by atoms with van der Waals surface area (Å²) >= 11 is 0. The molecule has 119 valence electrons. The predicted octanol–water partition coefficient (Wildman–Crippen LogP) is 6.62. The van der Waals surface area contributed by atoms with Crippen LogP contribution in [-0.2, 0) is 17.1 Å². The normalized spacial score (nSPS) is 20.3. The Balaban J connectivity index is 0.000000364. The van der Waals surface area contributed by atoms with E-state index in [1.54, 1.807) is 22.3 Å². The molecule has 0 nitrogen and oxygen atoms in total. The summed E-state index contributed by atoms with van der Waals surface area (Å²) in [6.45, 7) is 22.4. The van der Waals surface area contributed by atoms with E-state index >= 15 is 0 Å². The Kier molecular flexibility index (Phi) is 7.46. The summed E-state index contributed by atoms with van der Waals surface area (Å²) in [5, 5.41) is 0. The molecule has 0 unspecified atom stereocenters. The first kappa shape index (κ1) is 20.5. The van der Waals surface area contributed by atoms with Crippen molar-refractivity contribution >= 4 is 0 Å². The van der Waals surface area contributed by atoms with E-state index in [0.717, 1.165) is 0 Å². The molecule has 2 aliphatic rings. The van der Waals surface area contributed by atoms with Crippen molar-refractivity contribution in [3.8, 4) is 0 Å². The van der Waals surface area contributed by atoms with E-state index < -0.39 is 0 Å². The second kappa shape index (κ2) is 7.65. The van der Waals surface area contributed by atoms with E-state index in [2.05, 4.69) is 69.2 Å². The van der Waals surface area contributed by atoms with Crippen LogP contribution < -0.4 is 0 Å². The third-order valence-corrected chi connectivity index (χ3v) is 6.09. The van der Waals surface area contributed by atoms with Crippen molar-refractivity contribution < 1.29 is 17.1 Å². The topological polar surface area (TPSA) is 0 Å². The second-order valence-electron chi connectivity index (χ2n) is 6.68. The quantitative estimate of drug-likeness (QED) is 0.439. The molecule has 0 aromatic carbocycles. The van der Waals surface area contributed by atoms with Gasteiger partial charge in [-0.05, 0) is 89.5 Å². The fourth-order valence-electron chi connectivity index (χ4n) is 3.13. The molecule has 2 rings (SSSR count). The van der Waals surface area contributed by atoms with Gasteiger partial charge in [-0.2, -0.15) is 0 Å². The molecule has 0 aliphatic heterocycles. The van der Waals surface area contributed by atoms with Crippen molar-refractivity contribution in [2.75, 3.05) is 0 Å². The third kappa shape index (κ3) is 3.82. The summed E-state index contributed by atoms with van der Waals surface area (Å²) in [5.74, 6) is 1.39. The summed E-state index contributed by atoms with van der Waals surface area (Å²) in [6, 6.07) is 0. The maximum absolute atomic E-state index is 2.28. The van der Waals surface area contributed by atoms with Crippen LogP contribution in [0.5, 0.6) is 0 Å². The first-order valence-electron chi connectivity index (χ1n) is 7.81. The van der Waals surface area contributed by atoms with E-state index in [4.69, 9.17) is 0 Å². The molecule has 0 aromatic heterocycles. The Hall–Kier alpha value is -0.521. The summed E-state index contributed by atoms with van der Waals surface area (Å²) in [4.78, 5) is 0. The Morgan fingerprint density at radius 2 is 0.571 bits per heavy atom. The fourth-order valence-corrected chi connectivity index (χ4v) is 3.13. The van der Waals surface area contributed by atoms with Crippen LogP contribution in [0, 0.1) is 11.8 Å². The van der Waals surface area contributed by atoms with Crippen LogP contribution in [0.25, 0.3) is 0 Å². The monoisotopic (exact) mass is 327 g/mol. The van der Waals surface area contributed by atoms with Crippen molar-refractivity contribution in [3.05, 3.63) is 44.6 Å². The molecule has 21 heavy (non-hydrogen) atoms. The molecule has 0 fully saturated rings. The van der Waals surface area contributed by atoms with Gasteiger partial charge in [0.15, 0.2) is 0 Å². The molecule has 0 aromatic rings. The van der Waals surface area contributed by atoms with Crippen LogP contribution >= 0.6 is 0 Å². The zero-order valence-electron chi connectivity index (χ0n) is 15.5. The molecular weight excluding hydrogens is 295 g/mol. The molecule has 1 heteroatoms. The van der Waals surface area contributed by atoms with E-state index in [-0.39, 0.29) is 17.1 Å². The average molecular weight is 327 g/mol. The van der Waals surface area contributed by atoms with Crippen LogP contribution in [0.4, 0.5) is 0 Å². The van der Waals surface area contributed by atoms with Gasteiger partial charge in [-0.1, -0.05) is 36.1 Å². The molecule has 0 amide bonds. The molecule has 0 heterocycles. The molecule has 0 atom stereocenters. The standard InChI is InChI=1S/2C10H16.Mn/c2*1-6-7(2)9(4)10(5)8(6)3;/h2*6H,1-5H3;. The molecule has 0 bridgehead atoms. The molecule has 0 saturated heterocycles. The van der Waals surface area contributed by atoms with Crippen molar-refractivity contribution in [3.63, 3.8) is 0 Å². The Labute approximate surface area is 143 Å². The smallest absolute Gasteiger partial charge is 0 e. The predicted molar refractivity (Wildman–Crippen MR) is 91.8 cm³/mol. The van der Waals surface area contributed by atoms with Gasteiger partial charge < -0.3 is 0 Å². The van der Waals surface area contributed by atoms with Gasteiger partial charge in [-0.15, -0.1) is 0 Å². The Morgan fingerprint density at radius 3 is 0.619 bits per heavy atom. The summed E-state index contributed by atoms with van der Waals surface area (Å²) in [6.07, 6.45) is 0. The van der Waals surface area contributed by atoms with Crippen molar-refractivity contribution in [2.45, 2.75) is 69.2 Å². The van der Waals surface area contributed by atoms with Crippen LogP contribution in [0.3, 0.4) is 0 Å². The van der Waals surface area contributed by atoms with Crippen LogP contribution in [0.1, 0.15) is 69.2 Å². The molecule has 0 saturated carbocycles. The van der Waals surface area contributed by atoms with Gasteiger partial charge in [-0.3, -0.25) is 0 Å². The minimum Gasteiger partial charge on any atom is -0.0632 e. The van der Waals surface area contributed by atoms with Gasteiger partial charge in [0.1, 0.15) is 0 Å². The van der Waals surface area contributed by atoms with Crippen molar-refractivity contribution in [1.29, 1.82) is 0 Å². The summed E-state index contributed by atoms with van der Waals surface area (Å²) < 4.78 is 0. The number of hydrogen-bond acceptors (Lipinski definition) is 0. The van der Waals surface area contributed by atoms with Gasteiger partial charge in [0.2, 0.25) is 0 Å². The van der Waals surface area contributed by atoms with Crippen LogP contribution in [-0.4, -0.2) is 0 Å². The zero-order valence-corrected chi connectivity index (χ0v) is 16.7. The summed E-state index contributed by atoms with van der Waals surface area (Å²) in [7, 11) is 0. The van der Waals surface area contributed by atoms with Crippen LogP contribution in [0.2, 0.25) is 0 Å². The van der Waals surface area contributed by atoms with E-state index in [9.17, 15) is 0 Å². The Bertz CT molecular complexity index is 440. The van der Waals surface area contributed by atoms with Crippen molar-refractivity contribution in [1.82, 2.24) is 0 Å². The molecule has 0 N–H and O–H groups in total. The first-order valence-corrected chi connectivity index (χ1v) is 7.81. The van der Waals surface area contributed by atoms with Gasteiger partial charge in [-0.25, -0.2) is 0 Å². The minimum atomic E-state index is 0. The molecule has 0 spiro atoms. The third-order valence-electron chi connectivity index (χ3n) is 6.09. The van der Waals surface area contributed by atoms with E-state index in [1.807, 2.05) is 0 Å². The maximum Gasteiger partial charge on any atom is 0 e. The first-order chi connectivity index (χ1) is 9.11. The number of rotatable bonds is 0. The minimum absolute atomic E-state index is 0. The van der Waals surface area contributed by atoms with Gasteiger partial charge >= 0.3 is 0 Å². The SMILES string of the molecule is CC1=C(C)C(C)C(C)=C1C.CC1=C(C)C(C)C(C)=C1C.[Mn]. The van der Waals surface area contributed by atoms with E-state index in [1.165, 1.54) is 22.3 Å². The Morgan fingerprint density at radius 1 is 0.429 bits per heavy atom. The van der Waals surface area contributed by atoms with E-state index in [0.29, 0.717) is 11.8 Å². The average Bonchev–Trinajstić information content (AvgIpc) is 2.71.